The van der Waals surface area contributed by atoms with E-state index in [2.05, 4.69) is 11.9 Å². The van der Waals surface area contributed by atoms with E-state index in [9.17, 15) is 18.3 Å². The van der Waals surface area contributed by atoms with Crippen LogP contribution >= 0.6 is 0 Å². The quantitative estimate of drug-likeness (QED) is 0.317. The van der Waals surface area contributed by atoms with Crippen LogP contribution in [0, 0.1) is 6.92 Å². The van der Waals surface area contributed by atoms with Crippen molar-refractivity contribution in [3.8, 4) is 17.1 Å². The summed E-state index contributed by atoms with van der Waals surface area (Å²) in [5.41, 5.74) is 2.90. The topological polar surface area (TPSA) is 117 Å². The number of nitrogens with zero attached hydrogens (tertiary/aromatic N) is 3. The number of aliphatic hydroxyl groups is 1. The van der Waals surface area contributed by atoms with Gasteiger partial charge in [0, 0.05) is 24.2 Å². The fraction of sp³-hybridized carbons (Fsp3) is 0.400. The summed E-state index contributed by atoms with van der Waals surface area (Å²) >= 11 is 0. The molecule has 0 spiro atoms. The van der Waals surface area contributed by atoms with Gasteiger partial charge in [0.25, 0.3) is 5.56 Å². The Morgan fingerprint density at radius 2 is 1.80 bits per heavy atom. The predicted octanol–water partition coefficient (Wildman–Crippen LogP) is 4.06. The van der Waals surface area contributed by atoms with E-state index in [1.165, 1.54) is 16.4 Å². The Bertz CT molecular complexity index is 1670. The zero-order valence-electron chi connectivity index (χ0n) is 23.2. The molecule has 1 aliphatic rings. The van der Waals surface area contributed by atoms with E-state index in [1.54, 1.807) is 10.6 Å². The number of hydrogen-bond acceptors (Lipinski definition) is 6. The van der Waals surface area contributed by atoms with Crippen LogP contribution in [0.25, 0.3) is 16.9 Å². The smallest absolute Gasteiger partial charge is 0.275 e. The van der Waals surface area contributed by atoms with Crippen LogP contribution < -0.4 is 10.3 Å². The number of H-pyrrole nitrogens is 1. The van der Waals surface area contributed by atoms with Crippen molar-refractivity contribution in [3.05, 3.63) is 81.8 Å². The van der Waals surface area contributed by atoms with Gasteiger partial charge in [-0.1, -0.05) is 43.7 Å². The van der Waals surface area contributed by atoms with E-state index in [4.69, 9.17) is 9.84 Å². The second kappa shape index (κ2) is 11.2. The Hall–Kier alpha value is -3.47. The van der Waals surface area contributed by atoms with Gasteiger partial charge in [0.2, 0.25) is 10.0 Å². The standard InChI is InChI=1S/C30H36N4O5S/c1-4-9-23-18-21(3)27-29(36)31-28(32-34(23)27)25-19-24(12-13-26(25)39-5-2)40(37,38)33-16-14-30(20-35,15-17-33)22-10-7-6-8-11-22/h6-8,10-13,18-19,35H,4-5,9,14-17,20H2,1-3H3,(H,31,32,36). The van der Waals surface area contributed by atoms with Crippen LogP contribution in [0.2, 0.25) is 0 Å². The Balaban J connectivity index is 1.52. The minimum absolute atomic E-state index is 0.0432. The van der Waals surface area contributed by atoms with Crippen molar-refractivity contribution in [2.75, 3.05) is 26.3 Å². The van der Waals surface area contributed by atoms with Crippen molar-refractivity contribution in [2.24, 2.45) is 0 Å². The van der Waals surface area contributed by atoms with Crippen LogP contribution in [0.3, 0.4) is 0 Å². The molecule has 0 bridgehead atoms. The number of rotatable bonds is 9. The first kappa shape index (κ1) is 28.1. The van der Waals surface area contributed by atoms with Gasteiger partial charge in [-0.15, -0.1) is 5.10 Å². The molecule has 3 heterocycles. The van der Waals surface area contributed by atoms with Crippen molar-refractivity contribution in [2.45, 2.75) is 56.8 Å². The summed E-state index contributed by atoms with van der Waals surface area (Å²) in [5.74, 6) is 0.680. The molecule has 0 atom stereocenters. The minimum atomic E-state index is -3.86. The van der Waals surface area contributed by atoms with Gasteiger partial charge in [-0.3, -0.25) is 4.79 Å². The van der Waals surface area contributed by atoms with Crippen molar-refractivity contribution in [3.63, 3.8) is 0 Å². The van der Waals surface area contributed by atoms with Gasteiger partial charge in [0.05, 0.1) is 23.7 Å². The van der Waals surface area contributed by atoms with Crippen molar-refractivity contribution in [1.29, 1.82) is 0 Å². The van der Waals surface area contributed by atoms with Crippen LogP contribution in [-0.2, 0) is 21.9 Å². The average molecular weight is 565 g/mol. The second-order valence-corrected chi connectivity index (χ2v) is 12.4. The maximum absolute atomic E-state index is 13.8. The summed E-state index contributed by atoms with van der Waals surface area (Å²) in [7, 11) is -3.86. The number of fused-ring (bicyclic) bond motifs is 1. The van der Waals surface area contributed by atoms with E-state index in [1.807, 2.05) is 50.2 Å². The highest BCUT2D eigenvalue weighted by Gasteiger charge is 2.39. The minimum Gasteiger partial charge on any atom is -0.493 e. The molecule has 0 unspecified atom stereocenters. The third kappa shape index (κ3) is 4.95. The second-order valence-electron chi connectivity index (χ2n) is 10.4. The van der Waals surface area contributed by atoms with Crippen LogP contribution in [-0.4, -0.2) is 58.7 Å². The normalized spacial score (nSPS) is 15.9. The van der Waals surface area contributed by atoms with Crippen LogP contribution in [0.1, 0.15) is 49.9 Å². The van der Waals surface area contributed by atoms with Crippen LogP contribution in [0.15, 0.2) is 64.3 Å². The number of aryl methyl sites for hydroxylation is 2. The first-order valence-electron chi connectivity index (χ1n) is 13.8. The number of sulfonamides is 1. The van der Waals surface area contributed by atoms with Gasteiger partial charge in [-0.05, 0) is 68.5 Å². The van der Waals surface area contributed by atoms with Crippen LogP contribution in [0.4, 0.5) is 0 Å². The Morgan fingerprint density at radius 3 is 2.45 bits per heavy atom. The number of piperidine rings is 1. The van der Waals surface area contributed by atoms with E-state index in [0.717, 1.165) is 29.7 Å². The molecule has 2 N–H and O–H groups in total. The Kier molecular flexibility index (Phi) is 7.85. The molecule has 10 heteroatoms. The fourth-order valence-electron chi connectivity index (χ4n) is 5.70. The lowest BCUT2D eigenvalue weighted by Gasteiger charge is -2.40. The van der Waals surface area contributed by atoms with E-state index < -0.39 is 15.4 Å². The van der Waals surface area contributed by atoms with E-state index in [-0.39, 0.29) is 36.0 Å². The lowest BCUT2D eigenvalue weighted by molar-refractivity contribution is 0.134. The third-order valence-corrected chi connectivity index (χ3v) is 9.80. The lowest BCUT2D eigenvalue weighted by Crippen LogP contribution is -2.46. The number of aliphatic hydroxyl groups excluding tert-OH is 1. The maximum Gasteiger partial charge on any atom is 0.275 e. The highest BCUT2D eigenvalue weighted by atomic mass is 32.2. The number of benzene rings is 2. The summed E-state index contributed by atoms with van der Waals surface area (Å²) in [6.45, 7) is 6.68. The summed E-state index contributed by atoms with van der Waals surface area (Å²) in [6, 6.07) is 16.4. The van der Waals surface area contributed by atoms with Gasteiger partial charge in [-0.25, -0.2) is 12.9 Å². The van der Waals surface area contributed by atoms with E-state index in [0.29, 0.717) is 36.3 Å². The molecule has 1 aliphatic heterocycles. The molecular formula is C30H36N4O5S. The molecule has 0 aliphatic carbocycles. The van der Waals surface area contributed by atoms with Crippen LogP contribution in [0.5, 0.6) is 5.75 Å². The molecular weight excluding hydrogens is 528 g/mol. The molecule has 0 amide bonds. The van der Waals surface area contributed by atoms with Gasteiger partial charge < -0.3 is 14.8 Å². The first-order valence-corrected chi connectivity index (χ1v) is 15.2. The molecule has 0 radical (unpaired) electrons. The summed E-state index contributed by atoms with van der Waals surface area (Å²) in [6.07, 6.45) is 2.67. The molecule has 1 fully saturated rings. The van der Waals surface area contributed by atoms with Gasteiger partial charge in [0.15, 0.2) is 5.82 Å². The molecule has 5 rings (SSSR count). The van der Waals surface area contributed by atoms with Crippen molar-refractivity contribution < 1.29 is 18.3 Å². The lowest BCUT2D eigenvalue weighted by atomic mass is 9.74. The monoisotopic (exact) mass is 564 g/mol. The molecule has 2 aromatic carbocycles. The molecule has 2 aromatic heterocycles. The summed E-state index contributed by atoms with van der Waals surface area (Å²) in [5, 5.41) is 15.0. The zero-order chi connectivity index (χ0) is 28.5. The summed E-state index contributed by atoms with van der Waals surface area (Å²) < 4.78 is 36.6. The average Bonchev–Trinajstić information content (AvgIpc) is 3.29. The first-order chi connectivity index (χ1) is 19.2. The highest BCUT2D eigenvalue weighted by Crippen LogP contribution is 2.38. The molecule has 212 valence electrons. The maximum atomic E-state index is 13.8. The van der Waals surface area contributed by atoms with Gasteiger partial charge >= 0.3 is 0 Å². The molecule has 1 saturated heterocycles. The molecule has 0 saturated carbocycles. The number of aromatic nitrogens is 3. The van der Waals surface area contributed by atoms with E-state index >= 15 is 0 Å². The van der Waals surface area contributed by atoms with Gasteiger partial charge in [0.1, 0.15) is 11.3 Å². The number of hydrogen-bond donors (Lipinski definition) is 2. The zero-order valence-corrected chi connectivity index (χ0v) is 24.0. The third-order valence-electron chi connectivity index (χ3n) is 7.91. The highest BCUT2D eigenvalue weighted by molar-refractivity contribution is 7.89. The number of ether oxygens (including phenoxy) is 1. The van der Waals surface area contributed by atoms with Crippen molar-refractivity contribution >= 4 is 15.5 Å². The SMILES string of the molecule is CCCc1cc(C)c2c(=O)[nH]c(-c3cc(S(=O)(=O)N4CCC(CO)(c5ccccc5)CC4)ccc3OCC)nn12. The fourth-order valence-corrected chi connectivity index (χ4v) is 7.16. The summed E-state index contributed by atoms with van der Waals surface area (Å²) in [4.78, 5) is 16.1. The molecule has 9 nitrogen and oxygen atoms in total. The van der Waals surface area contributed by atoms with Gasteiger partial charge in [-0.2, -0.15) is 4.31 Å². The number of aromatic amines is 1. The Labute approximate surface area is 234 Å². The largest absolute Gasteiger partial charge is 0.493 e. The molecule has 4 aromatic rings. The number of nitrogens with one attached hydrogen (secondary N) is 1. The Morgan fingerprint density at radius 1 is 1.07 bits per heavy atom. The van der Waals surface area contributed by atoms with Crippen molar-refractivity contribution in [1.82, 2.24) is 18.9 Å². The molecule has 40 heavy (non-hydrogen) atoms. The predicted molar refractivity (Wildman–Crippen MR) is 154 cm³/mol.